The van der Waals surface area contributed by atoms with Gasteiger partial charge in [-0.1, -0.05) is 42.0 Å². The van der Waals surface area contributed by atoms with Crippen LogP contribution >= 0.6 is 11.8 Å². The average molecular weight is 394 g/mol. The van der Waals surface area contributed by atoms with E-state index in [2.05, 4.69) is 47.7 Å². The van der Waals surface area contributed by atoms with Crippen molar-refractivity contribution in [1.29, 1.82) is 0 Å². The lowest BCUT2D eigenvalue weighted by Gasteiger charge is -2.16. The molecule has 0 saturated heterocycles. The van der Waals surface area contributed by atoms with Gasteiger partial charge in [0, 0.05) is 12.6 Å². The first-order valence-electron chi connectivity index (χ1n) is 9.24. The molecule has 6 heteroatoms. The molecule has 1 amide bonds. The molecule has 4 rings (SSSR count). The predicted octanol–water partition coefficient (Wildman–Crippen LogP) is 4.39. The Hall–Kier alpha value is -2.73. The number of fused-ring (bicyclic) bond motifs is 1. The fourth-order valence-corrected chi connectivity index (χ4v) is 4.72. The molecule has 144 valence electrons. The summed E-state index contributed by atoms with van der Waals surface area (Å²) in [5.74, 6) is 2.02. The van der Waals surface area contributed by atoms with Crippen LogP contribution in [0.5, 0.6) is 5.75 Å². The van der Waals surface area contributed by atoms with Gasteiger partial charge in [-0.2, -0.15) is 5.10 Å². The third kappa shape index (κ3) is 3.78. The van der Waals surface area contributed by atoms with Crippen molar-refractivity contribution in [3.63, 3.8) is 0 Å². The molecule has 1 aromatic heterocycles. The van der Waals surface area contributed by atoms with Crippen molar-refractivity contribution in [2.45, 2.75) is 25.7 Å². The van der Waals surface area contributed by atoms with E-state index in [-0.39, 0.29) is 11.2 Å². The highest BCUT2D eigenvalue weighted by Gasteiger charge is 2.29. The number of aryl methyl sites for hydroxylation is 3. The zero-order valence-electron chi connectivity index (χ0n) is 16.2. The number of nitrogens with zero attached hydrogens (tertiary/aromatic N) is 2. The molecular weight excluding hydrogens is 370 g/mol. The number of aromatic nitrogens is 2. The first-order valence-corrected chi connectivity index (χ1v) is 10.3. The number of anilines is 1. The Morgan fingerprint density at radius 3 is 2.86 bits per heavy atom. The van der Waals surface area contributed by atoms with Gasteiger partial charge in [-0.15, -0.1) is 11.8 Å². The Morgan fingerprint density at radius 2 is 2.04 bits per heavy atom. The van der Waals surface area contributed by atoms with Gasteiger partial charge < -0.3 is 10.1 Å². The predicted molar refractivity (Wildman–Crippen MR) is 113 cm³/mol. The average Bonchev–Trinajstić information content (AvgIpc) is 2.84. The van der Waals surface area contributed by atoms with E-state index in [4.69, 9.17) is 4.74 Å². The fraction of sp³-hybridized carbons (Fsp3) is 0.273. The fourth-order valence-electron chi connectivity index (χ4n) is 3.55. The normalized spacial score (nSPS) is 16.2. The molecule has 0 aliphatic carbocycles. The van der Waals surface area contributed by atoms with Gasteiger partial charge in [0.05, 0.1) is 16.7 Å². The summed E-state index contributed by atoms with van der Waals surface area (Å²) in [5, 5.41) is 7.53. The lowest BCUT2D eigenvalue weighted by atomic mass is 10.0. The van der Waals surface area contributed by atoms with E-state index in [9.17, 15) is 4.79 Å². The van der Waals surface area contributed by atoms with Gasteiger partial charge in [-0.3, -0.25) is 9.48 Å². The largest absolute Gasteiger partial charge is 0.489 e. The Balaban J connectivity index is 1.61. The summed E-state index contributed by atoms with van der Waals surface area (Å²) in [6.07, 6.45) is 0. The van der Waals surface area contributed by atoms with E-state index >= 15 is 0 Å². The molecule has 2 aromatic carbocycles. The van der Waals surface area contributed by atoms with Crippen molar-refractivity contribution in [3.8, 4) is 5.75 Å². The molecule has 1 aliphatic rings. The zero-order chi connectivity index (χ0) is 19.7. The Kier molecular flexibility index (Phi) is 5.13. The van der Waals surface area contributed by atoms with Gasteiger partial charge in [0.1, 0.15) is 18.2 Å². The molecule has 0 bridgehead atoms. The summed E-state index contributed by atoms with van der Waals surface area (Å²) in [6.45, 7) is 4.60. The van der Waals surface area contributed by atoms with Gasteiger partial charge in [0.15, 0.2) is 0 Å². The molecular formula is C22H23N3O2S. The molecule has 1 aliphatic heterocycles. The maximum atomic E-state index is 12.1. The minimum absolute atomic E-state index is 0.00334. The summed E-state index contributed by atoms with van der Waals surface area (Å²) in [5.41, 5.74) is 5.48. The maximum absolute atomic E-state index is 12.1. The molecule has 0 fully saturated rings. The van der Waals surface area contributed by atoms with Crippen molar-refractivity contribution >= 4 is 23.5 Å². The van der Waals surface area contributed by atoms with Crippen LogP contribution in [0.1, 0.15) is 33.2 Å². The molecule has 1 atom stereocenters. The number of nitrogens with one attached hydrogen (secondary N) is 1. The first-order chi connectivity index (χ1) is 13.5. The Labute approximate surface area is 169 Å². The Bertz CT molecular complexity index is 1030. The van der Waals surface area contributed by atoms with Gasteiger partial charge in [0.2, 0.25) is 5.91 Å². The minimum atomic E-state index is 0.00334. The van der Waals surface area contributed by atoms with E-state index in [0.29, 0.717) is 12.4 Å². The van der Waals surface area contributed by atoms with E-state index in [0.717, 1.165) is 34.0 Å². The van der Waals surface area contributed by atoms with Crippen LogP contribution in [0.4, 0.5) is 5.82 Å². The van der Waals surface area contributed by atoms with Crippen LogP contribution in [0.2, 0.25) is 0 Å². The molecule has 2 heterocycles. The quantitative estimate of drug-likeness (QED) is 0.714. The third-order valence-corrected chi connectivity index (χ3v) is 6.09. The lowest BCUT2D eigenvalue weighted by molar-refractivity contribution is -0.113. The van der Waals surface area contributed by atoms with E-state index < -0.39 is 0 Å². The SMILES string of the molecule is Cc1cccc(COc2cccc(C3SCC(=O)Nc4c3c(C)nn4C)c2)c1. The molecule has 0 saturated carbocycles. The van der Waals surface area contributed by atoms with Crippen molar-refractivity contribution < 1.29 is 9.53 Å². The van der Waals surface area contributed by atoms with Crippen LogP contribution in [0, 0.1) is 13.8 Å². The van der Waals surface area contributed by atoms with Gasteiger partial charge in [-0.25, -0.2) is 0 Å². The molecule has 0 radical (unpaired) electrons. The van der Waals surface area contributed by atoms with Gasteiger partial charge >= 0.3 is 0 Å². The van der Waals surface area contributed by atoms with E-state index in [1.54, 1.807) is 16.4 Å². The summed E-state index contributed by atoms with van der Waals surface area (Å²) in [7, 11) is 1.86. The van der Waals surface area contributed by atoms with Crippen molar-refractivity contribution in [3.05, 3.63) is 76.5 Å². The first kappa shape index (κ1) is 18.6. The number of benzene rings is 2. The number of hydrogen-bond acceptors (Lipinski definition) is 4. The number of carbonyl (C=O) groups excluding carboxylic acids is 1. The van der Waals surface area contributed by atoms with E-state index in [1.165, 1.54) is 5.56 Å². The van der Waals surface area contributed by atoms with Crippen molar-refractivity contribution in [1.82, 2.24) is 9.78 Å². The van der Waals surface area contributed by atoms with Crippen molar-refractivity contribution in [2.75, 3.05) is 11.1 Å². The monoisotopic (exact) mass is 393 g/mol. The molecule has 0 spiro atoms. The highest BCUT2D eigenvalue weighted by Crippen LogP contribution is 2.43. The van der Waals surface area contributed by atoms with Crippen LogP contribution in [-0.2, 0) is 18.4 Å². The maximum Gasteiger partial charge on any atom is 0.235 e. The second kappa shape index (κ2) is 7.72. The number of hydrogen-bond donors (Lipinski definition) is 1. The topological polar surface area (TPSA) is 56.1 Å². The number of ether oxygens (including phenoxy) is 1. The molecule has 1 unspecified atom stereocenters. The lowest BCUT2D eigenvalue weighted by Crippen LogP contribution is -2.15. The molecule has 28 heavy (non-hydrogen) atoms. The molecule has 1 N–H and O–H groups in total. The number of amides is 1. The van der Waals surface area contributed by atoms with E-state index in [1.807, 2.05) is 32.2 Å². The van der Waals surface area contributed by atoms with Crippen LogP contribution in [0.15, 0.2) is 48.5 Å². The Morgan fingerprint density at radius 1 is 1.21 bits per heavy atom. The highest BCUT2D eigenvalue weighted by atomic mass is 32.2. The second-order valence-electron chi connectivity index (χ2n) is 7.06. The number of thioether (sulfide) groups is 1. The van der Waals surface area contributed by atoms with Gasteiger partial charge in [0.25, 0.3) is 0 Å². The zero-order valence-corrected chi connectivity index (χ0v) is 17.0. The van der Waals surface area contributed by atoms with Crippen LogP contribution in [0.25, 0.3) is 0 Å². The van der Waals surface area contributed by atoms with Gasteiger partial charge in [-0.05, 0) is 37.1 Å². The van der Waals surface area contributed by atoms with Crippen molar-refractivity contribution in [2.24, 2.45) is 7.05 Å². The molecule has 3 aromatic rings. The third-order valence-electron chi connectivity index (χ3n) is 4.82. The van der Waals surface area contributed by atoms with Crippen LogP contribution in [0.3, 0.4) is 0 Å². The van der Waals surface area contributed by atoms with Crippen LogP contribution in [-0.4, -0.2) is 21.4 Å². The number of rotatable bonds is 4. The standard InChI is InChI=1S/C22H23N3O2S/c1-14-6-4-7-16(10-14)12-27-18-9-5-8-17(11-18)21-20-15(2)24-25(3)22(20)23-19(26)13-28-21/h4-11,21H,12-13H2,1-3H3,(H,23,26). The van der Waals surface area contributed by atoms with Crippen LogP contribution < -0.4 is 10.1 Å². The summed E-state index contributed by atoms with van der Waals surface area (Å²) >= 11 is 1.62. The summed E-state index contributed by atoms with van der Waals surface area (Å²) in [6, 6.07) is 16.5. The summed E-state index contributed by atoms with van der Waals surface area (Å²) in [4.78, 5) is 12.1. The summed E-state index contributed by atoms with van der Waals surface area (Å²) < 4.78 is 7.79. The smallest absolute Gasteiger partial charge is 0.235 e. The molecule has 5 nitrogen and oxygen atoms in total. The minimum Gasteiger partial charge on any atom is -0.489 e. The number of carbonyl (C=O) groups is 1. The highest BCUT2D eigenvalue weighted by molar-refractivity contribution is 8.00. The second-order valence-corrected chi connectivity index (χ2v) is 8.15.